The highest BCUT2D eigenvalue weighted by Crippen LogP contribution is 2.27. The zero-order chi connectivity index (χ0) is 26.7. The summed E-state index contributed by atoms with van der Waals surface area (Å²) in [5.41, 5.74) is 4.67. The van der Waals surface area contributed by atoms with Gasteiger partial charge in [0.1, 0.15) is 0 Å². The summed E-state index contributed by atoms with van der Waals surface area (Å²) in [5, 5.41) is 4.22. The van der Waals surface area contributed by atoms with Crippen LogP contribution in [0.5, 0.6) is 0 Å². The van der Waals surface area contributed by atoms with Crippen molar-refractivity contribution in [3.8, 4) is 0 Å². The van der Waals surface area contributed by atoms with E-state index < -0.39 is 10.0 Å². The molecular formula is C28H37N5O3S. The molecule has 0 atom stereocenters. The normalized spacial score (nSPS) is 14.8. The zero-order valence-corrected chi connectivity index (χ0v) is 23.2. The maximum absolute atomic E-state index is 13.8. The van der Waals surface area contributed by atoms with E-state index in [4.69, 9.17) is 0 Å². The molecule has 1 saturated heterocycles. The van der Waals surface area contributed by atoms with E-state index in [0.717, 1.165) is 11.3 Å². The minimum absolute atomic E-state index is 0.116. The topological polar surface area (TPSA) is 78.8 Å². The number of carbonyl (C=O) groups is 1. The van der Waals surface area contributed by atoms with Crippen molar-refractivity contribution in [3.63, 3.8) is 0 Å². The first-order chi connectivity index (χ1) is 17.6. The molecule has 1 aliphatic rings. The number of hydrogen-bond acceptors (Lipinski definition) is 5. The third kappa shape index (κ3) is 5.57. The highest BCUT2D eigenvalue weighted by Gasteiger charge is 2.36. The van der Waals surface area contributed by atoms with Gasteiger partial charge in [-0.1, -0.05) is 42.5 Å². The number of hydrogen-bond donors (Lipinski definition) is 0. The van der Waals surface area contributed by atoms with E-state index >= 15 is 0 Å². The van der Waals surface area contributed by atoms with Crippen LogP contribution in [-0.4, -0.2) is 65.5 Å². The first-order valence-corrected chi connectivity index (χ1v) is 14.3. The number of benzene rings is 2. The molecule has 1 aliphatic heterocycles. The van der Waals surface area contributed by atoms with Crippen LogP contribution in [0, 0.1) is 13.8 Å². The number of rotatable bonds is 8. The largest absolute Gasteiger partial charge is 0.369 e. The molecule has 9 heteroatoms. The summed E-state index contributed by atoms with van der Waals surface area (Å²) in [4.78, 5) is 17.7. The SMILES string of the molecule is CCn1cc(C(=O)N(Cc2ccccc2)C(C)C)c(S(=O)(=O)N2CCN(c3cccc(C)c3C)CC2)n1. The molecule has 4 rings (SSSR count). The molecule has 1 amide bonds. The van der Waals surface area contributed by atoms with Gasteiger partial charge in [-0.2, -0.15) is 9.40 Å². The number of aryl methyl sites for hydroxylation is 2. The van der Waals surface area contributed by atoms with Crippen molar-refractivity contribution < 1.29 is 13.2 Å². The predicted octanol–water partition coefficient (Wildman–Crippen LogP) is 4.08. The molecule has 2 heterocycles. The summed E-state index contributed by atoms with van der Waals surface area (Å²) in [6.45, 7) is 12.6. The van der Waals surface area contributed by atoms with E-state index in [1.165, 1.54) is 20.1 Å². The monoisotopic (exact) mass is 523 g/mol. The van der Waals surface area contributed by atoms with Crippen LogP contribution in [0.25, 0.3) is 0 Å². The summed E-state index contributed by atoms with van der Waals surface area (Å²) in [7, 11) is -3.96. The van der Waals surface area contributed by atoms with Gasteiger partial charge in [0.25, 0.3) is 15.9 Å². The third-order valence-electron chi connectivity index (χ3n) is 7.10. The minimum atomic E-state index is -3.96. The molecule has 0 N–H and O–H groups in total. The molecular weight excluding hydrogens is 486 g/mol. The molecule has 0 aliphatic carbocycles. The Kier molecular flexibility index (Phi) is 8.04. The summed E-state index contributed by atoms with van der Waals surface area (Å²) in [5.74, 6) is -0.328. The van der Waals surface area contributed by atoms with Crippen LogP contribution in [0.3, 0.4) is 0 Å². The number of anilines is 1. The van der Waals surface area contributed by atoms with E-state index in [1.54, 1.807) is 11.1 Å². The molecule has 0 unspecified atom stereocenters. The highest BCUT2D eigenvalue weighted by atomic mass is 32.2. The van der Waals surface area contributed by atoms with Crippen molar-refractivity contribution in [1.82, 2.24) is 19.0 Å². The number of amides is 1. The Morgan fingerprint density at radius 1 is 1.00 bits per heavy atom. The lowest BCUT2D eigenvalue weighted by atomic mass is 10.1. The lowest BCUT2D eigenvalue weighted by Crippen LogP contribution is -2.49. The van der Waals surface area contributed by atoms with Gasteiger partial charge in [0.05, 0.1) is 5.56 Å². The second-order valence-corrected chi connectivity index (χ2v) is 11.7. The quantitative estimate of drug-likeness (QED) is 0.445. The number of piperazine rings is 1. The van der Waals surface area contributed by atoms with Gasteiger partial charge in [-0.25, -0.2) is 8.42 Å². The highest BCUT2D eigenvalue weighted by molar-refractivity contribution is 7.89. The van der Waals surface area contributed by atoms with Crippen LogP contribution in [0.2, 0.25) is 0 Å². The fourth-order valence-electron chi connectivity index (χ4n) is 4.70. The van der Waals surface area contributed by atoms with Crippen molar-refractivity contribution in [2.45, 2.75) is 58.8 Å². The third-order valence-corrected chi connectivity index (χ3v) is 8.94. The zero-order valence-electron chi connectivity index (χ0n) is 22.4. The van der Waals surface area contributed by atoms with Gasteiger partial charge in [-0.05, 0) is 57.4 Å². The summed E-state index contributed by atoms with van der Waals surface area (Å²) < 4.78 is 30.6. The van der Waals surface area contributed by atoms with E-state index in [9.17, 15) is 13.2 Å². The fraction of sp³-hybridized carbons (Fsp3) is 0.429. The first kappa shape index (κ1) is 26.9. The Balaban J connectivity index is 1.59. The number of nitrogens with zero attached hydrogens (tertiary/aromatic N) is 5. The van der Waals surface area contributed by atoms with Crippen LogP contribution < -0.4 is 4.90 Å². The number of aromatic nitrogens is 2. The Hall–Kier alpha value is -3.17. The van der Waals surface area contributed by atoms with Crippen molar-refractivity contribution in [2.24, 2.45) is 0 Å². The van der Waals surface area contributed by atoms with Crippen LogP contribution in [0.4, 0.5) is 5.69 Å². The molecule has 0 radical (unpaired) electrons. The summed E-state index contributed by atoms with van der Waals surface area (Å²) >= 11 is 0. The Morgan fingerprint density at radius 2 is 1.68 bits per heavy atom. The van der Waals surface area contributed by atoms with E-state index in [1.807, 2.05) is 57.2 Å². The van der Waals surface area contributed by atoms with Gasteiger partial charge in [0.15, 0.2) is 0 Å². The van der Waals surface area contributed by atoms with Gasteiger partial charge in [0, 0.05) is 57.2 Å². The van der Waals surface area contributed by atoms with E-state index in [0.29, 0.717) is 39.3 Å². The van der Waals surface area contributed by atoms with Gasteiger partial charge in [0.2, 0.25) is 5.03 Å². The van der Waals surface area contributed by atoms with E-state index in [-0.39, 0.29) is 22.5 Å². The summed E-state index contributed by atoms with van der Waals surface area (Å²) in [6.07, 6.45) is 1.57. The molecule has 37 heavy (non-hydrogen) atoms. The van der Waals surface area contributed by atoms with Crippen molar-refractivity contribution in [1.29, 1.82) is 0 Å². The van der Waals surface area contributed by atoms with Crippen LogP contribution in [-0.2, 0) is 23.1 Å². The Morgan fingerprint density at radius 3 is 2.30 bits per heavy atom. The minimum Gasteiger partial charge on any atom is -0.369 e. The Labute approximate surface area is 220 Å². The fourth-order valence-corrected chi connectivity index (χ4v) is 6.21. The second kappa shape index (κ2) is 11.1. The van der Waals surface area contributed by atoms with Crippen molar-refractivity contribution in [2.75, 3.05) is 31.1 Å². The van der Waals surface area contributed by atoms with Crippen LogP contribution in [0.15, 0.2) is 59.8 Å². The van der Waals surface area contributed by atoms with Gasteiger partial charge >= 0.3 is 0 Å². The van der Waals surface area contributed by atoms with Gasteiger partial charge in [-0.3, -0.25) is 9.48 Å². The lowest BCUT2D eigenvalue weighted by molar-refractivity contribution is 0.0686. The second-order valence-electron chi connectivity index (χ2n) is 9.83. The average Bonchev–Trinajstić information content (AvgIpc) is 3.35. The van der Waals surface area contributed by atoms with Gasteiger partial charge in [-0.15, -0.1) is 0 Å². The molecule has 1 fully saturated rings. The molecule has 2 aromatic carbocycles. The lowest BCUT2D eigenvalue weighted by Gasteiger charge is -2.36. The molecule has 0 spiro atoms. The standard InChI is InChI=1S/C28H37N5O3S/c1-6-31-20-25(28(34)33(21(2)3)19-24-12-8-7-9-13-24)27(29-31)37(35,36)32-17-15-30(16-18-32)26-14-10-11-22(4)23(26)5/h7-14,20-21H,6,15-19H2,1-5H3. The average molecular weight is 524 g/mol. The molecule has 0 bridgehead atoms. The van der Waals surface area contributed by atoms with Gasteiger partial charge < -0.3 is 9.80 Å². The molecule has 198 valence electrons. The number of sulfonamides is 1. The first-order valence-electron chi connectivity index (χ1n) is 12.9. The molecule has 8 nitrogen and oxygen atoms in total. The van der Waals surface area contributed by atoms with E-state index in [2.05, 4.69) is 36.0 Å². The van der Waals surface area contributed by atoms with Crippen LogP contribution in [0.1, 0.15) is 47.8 Å². The maximum atomic E-state index is 13.8. The van der Waals surface area contributed by atoms with Crippen molar-refractivity contribution in [3.05, 3.63) is 77.0 Å². The van der Waals surface area contributed by atoms with Crippen LogP contribution >= 0.6 is 0 Å². The Bertz CT molecular complexity index is 1340. The maximum Gasteiger partial charge on any atom is 0.263 e. The predicted molar refractivity (Wildman–Crippen MR) is 146 cm³/mol. The van der Waals surface area contributed by atoms with Crippen molar-refractivity contribution >= 4 is 21.6 Å². The number of carbonyl (C=O) groups excluding carboxylic acids is 1. The summed E-state index contributed by atoms with van der Waals surface area (Å²) in [6, 6.07) is 15.8. The molecule has 1 aromatic heterocycles. The molecule has 0 saturated carbocycles. The molecule has 3 aromatic rings. The smallest absolute Gasteiger partial charge is 0.263 e.